The number of hydrogen-bond acceptors (Lipinski definition) is 1. The van der Waals surface area contributed by atoms with Gasteiger partial charge in [-0.25, -0.2) is 4.98 Å². The van der Waals surface area contributed by atoms with E-state index < -0.39 is 0 Å². The topological polar surface area (TPSA) is 17.8 Å². The Labute approximate surface area is 107 Å². The van der Waals surface area contributed by atoms with E-state index in [1.54, 1.807) is 0 Å². The molecule has 3 rings (SSSR count). The van der Waals surface area contributed by atoms with Crippen molar-refractivity contribution in [1.29, 1.82) is 0 Å². The van der Waals surface area contributed by atoms with Crippen LogP contribution in [-0.2, 0) is 5.88 Å². The molecule has 1 aromatic carbocycles. The van der Waals surface area contributed by atoms with Gasteiger partial charge in [-0.15, -0.1) is 11.6 Å². The van der Waals surface area contributed by atoms with E-state index in [1.807, 2.05) is 0 Å². The summed E-state index contributed by atoms with van der Waals surface area (Å²) in [5, 5.41) is 0. The molecule has 1 heterocycles. The number of hydrogen-bond donors (Lipinski definition) is 0. The summed E-state index contributed by atoms with van der Waals surface area (Å²) >= 11 is 6.02. The van der Waals surface area contributed by atoms with E-state index in [-0.39, 0.29) is 0 Å². The molecule has 1 aliphatic carbocycles. The van der Waals surface area contributed by atoms with Gasteiger partial charge in [0.1, 0.15) is 5.82 Å². The molecule has 0 saturated heterocycles. The van der Waals surface area contributed by atoms with Crippen LogP contribution in [-0.4, -0.2) is 9.55 Å². The Balaban J connectivity index is 2.23. The maximum Gasteiger partial charge on any atom is 0.125 e. The second-order valence-corrected chi connectivity index (χ2v) is 6.00. The number of halogens is 1. The monoisotopic (exact) mass is 248 g/mol. The van der Waals surface area contributed by atoms with Gasteiger partial charge in [-0.05, 0) is 36.5 Å². The van der Waals surface area contributed by atoms with Crippen LogP contribution in [0.1, 0.15) is 37.7 Å². The van der Waals surface area contributed by atoms with Crippen LogP contribution in [0.2, 0.25) is 0 Å². The standard InChI is InChI=1S/C14H17ClN2/c1-9-4-5-10-11(6-9)17(13(8-15)16-10)12-7-14(12,2)3/h4-6,12H,7-8H2,1-3H3. The number of benzene rings is 1. The highest BCUT2D eigenvalue weighted by atomic mass is 35.5. The highest BCUT2D eigenvalue weighted by Crippen LogP contribution is 2.56. The van der Waals surface area contributed by atoms with Crippen LogP contribution in [0.25, 0.3) is 11.0 Å². The van der Waals surface area contributed by atoms with Gasteiger partial charge in [0.25, 0.3) is 0 Å². The minimum atomic E-state index is 0.387. The van der Waals surface area contributed by atoms with Gasteiger partial charge in [-0.3, -0.25) is 0 Å². The van der Waals surface area contributed by atoms with Crippen LogP contribution < -0.4 is 0 Å². The summed E-state index contributed by atoms with van der Waals surface area (Å²) in [6.45, 7) is 6.73. The first kappa shape index (κ1) is 11.1. The lowest BCUT2D eigenvalue weighted by Gasteiger charge is -2.09. The summed E-state index contributed by atoms with van der Waals surface area (Å²) in [6, 6.07) is 6.97. The minimum absolute atomic E-state index is 0.387. The molecule has 0 spiro atoms. The van der Waals surface area contributed by atoms with Crippen LogP contribution in [0.3, 0.4) is 0 Å². The molecular weight excluding hydrogens is 232 g/mol. The Kier molecular flexibility index (Phi) is 2.27. The van der Waals surface area contributed by atoms with Crippen LogP contribution >= 0.6 is 11.6 Å². The van der Waals surface area contributed by atoms with Crippen LogP contribution in [0.4, 0.5) is 0 Å². The van der Waals surface area contributed by atoms with E-state index in [4.69, 9.17) is 11.6 Å². The second kappa shape index (κ2) is 3.49. The Morgan fingerprint density at radius 2 is 2.18 bits per heavy atom. The molecule has 1 unspecified atom stereocenters. The molecule has 1 fully saturated rings. The number of nitrogens with zero attached hydrogens (tertiary/aromatic N) is 2. The van der Waals surface area contributed by atoms with Gasteiger partial charge in [0.05, 0.1) is 16.9 Å². The quantitative estimate of drug-likeness (QED) is 0.733. The zero-order chi connectivity index (χ0) is 12.2. The average molecular weight is 249 g/mol. The van der Waals surface area contributed by atoms with E-state index >= 15 is 0 Å². The third-order valence-corrected chi connectivity index (χ3v) is 4.05. The van der Waals surface area contributed by atoms with Crippen LogP contribution in [0, 0.1) is 12.3 Å². The summed E-state index contributed by atoms with van der Waals surface area (Å²) in [6.07, 6.45) is 1.22. The van der Waals surface area contributed by atoms with Crippen molar-refractivity contribution in [2.24, 2.45) is 5.41 Å². The highest BCUT2D eigenvalue weighted by Gasteiger charge is 2.48. The van der Waals surface area contributed by atoms with Crippen molar-refractivity contribution in [3.05, 3.63) is 29.6 Å². The molecule has 1 aliphatic rings. The fourth-order valence-corrected chi connectivity index (χ4v) is 2.76. The molecule has 2 nitrogen and oxygen atoms in total. The van der Waals surface area contributed by atoms with E-state index in [0.717, 1.165) is 11.3 Å². The number of fused-ring (bicyclic) bond motifs is 1. The Morgan fingerprint density at radius 3 is 2.76 bits per heavy atom. The predicted octanol–water partition coefficient (Wildman–Crippen LogP) is 4.05. The maximum absolute atomic E-state index is 6.02. The summed E-state index contributed by atoms with van der Waals surface area (Å²) in [4.78, 5) is 4.63. The number of imidazole rings is 1. The molecule has 0 N–H and O–H groups in total. The second-order valence-electron chi connectivity index (χ2n) is 5.73. The Bertz CT molecular complexity index is 583. The summed E-state index contributed by atoms with van der Waals surface area (Å²) in [5.41, 5.74) is 3.96. The summed E-state index contributed by atoms with van der Waals surface area (Å²) in [7, 11) is 0. The van der Waals surface area contributed by atoms with E-state index in [0.29, 0.717) is 17.3 Å². The Hall–Kier alpha value is -1.02. The van der Waals surface area contributed by atoms with Gasteiger partial charge in [0.15, 0.2) is 0 Å². The van der Waals surface area contributed by atoms with Crippen molar-refractivity contribution in [1.82, 2.24) is 9.55 Å². The molecule has 0 bridgehead atoms. The van der Waals surface area contributed by atoms with Crippen molar-refractivity contribution in [3.8, 4) is 0 Å². The van der Waals surface area contributed by atoms with E-state index in [2.05, 4.69) is 48.5 Å². The smallest absolute Gasteiger partial charge is 0.125 e. The van der Waals surface area contributed by atoms with Crippen LogP contribution in [0.5, 0.6) is 0 Å². The third-order valence-electron chi connectivity index (χ3n) is 3.81. The molecule has 0 aliphatic heterocycles. The van der Waals surface area contributed by atoms with Crippen molar-refractivity contribution in [3.63, 3.8) is 0 Å². The number of alkyl halides is 1. The lowest BCUT2D eigenvalue weighted by atomic mass is 10.2. The molecule has 1 aromatic heterocycles. The zero-order valence-electron chi connectivity index (χ0n) is 10.5. The third kappa shape index (κ3) is 1.66. The zero-order valence-corrected chi connectivity index (χ0v) is 11.3. The molecule has 1 atom stereocenters. The van der Waals surface area contributed by atoms with Gasteiger partial charge in [-0.2, -0.15) is 0 Å². The first-order chi connectivity index (χ1) is 8.03. The van der Waals surface area contributed by atoms with E-state index in [9.17, 15) is 0 Å². The fourth-order valence-electron chi connectivity index (χ4n) is 2.58. The normalized spacial score (nSPS) is 22.0. The van der Waals surface area contributed by atoms with Gasteiger partial charge < -0.3 is 4.57 Å². The number of aromatic nitrogens is 2. The average Bonchev–Trinajstić information content (AvgIpc) is 2.75. The largest absolute Gasteiger partial charge is 0.323 e. The van der Waals surface area contributed by atoms with E-state index in [1.165, 1.54) is 17.5 Å². The molecule has 1 saturated carbocycles. The molecule has 0 radical (unpaired) electrons. The van der Waals surface area contributed by atoms with Gasteiger partial charge in [0.2, 0.25) is 0 Å². The Morgan fingerprint density at radius 1 is 1.47 bits per heavy atom. The fraction of sp³-hybridized carbons (Fsp3) is 0.500. The van der Waals surface area contributed by atoms with Gasteiger partial charge in [-0.1, -0.05) is 19.9 Å². The lowest BCUT2D eigenvalue weighted by molar-refractivity contribution is 0.540. The van der Waals surface area contributed by atoms with Crippen molar-refractivity contribution in [2.75, 3.05) is 0 Å². The number of aryl methyl sites for hydroxylation is 1. The molecule has 17 heavy (non-hydrogen) atoms. The lowest BCUT2D eigenvalue weighted by Crippen LogP contribution is -2.04. The van der Waals surface area contributed by atoms with Gasteiger partial charge in [0, 0.05) is 6.04 Å². The SMILES string of the molecule is Cc1ccc2nc(CCl)n(C3CC3(C)C)c2c1. The molecule has 0 amide bonds. The number of rotatable bonds is 2. The van der Waals surface area contributed by atoms with Crippen molar-refractivity contribution in [2.45, 2.75) is 39.1 Å². The minimum Gasteiger partial charge on any atom is -0.323 e. The molecule has 3 heteroatoms. The summed E-state index contributed by atoms with van der Waals surface area (Å²) in [5.74, 6) is 1.49. The highest BCUT2D eigenvalue weighted by molar-refractivity contribution is 6.16. The first-order valence-corrected chi connectivity index (χ1v) is 6.60. The van der Waals surface area contributed by atoms with Gasteiger partial charge >= 0.3 is 0 Å². The van der Waals surface area contributed by atoms with Crippen LogP contribution in [0.15, 0.2) is 18.2 Å². The summed E-state index contributed by atoms with van der Waals surface area (Å²) < 4.78 is 2.34. The maximum atomic E-state index is 6.02. The van der Waals surface area contributed by atoms with Crippen molar-refractivity contribution >= 4 is 22.6 Å². The molecular formula is C14H17ClN2. The predicted molar refractivity (Wildman–Crippen MR) is 71.5 cm³/mol. The van der Waals surface area contributed by atoms with Crippen molar-refractivity contribution < 1.29 is 0 Å². The molecule has 90 valence electrons. The molecule has 2 aromatic rings. The first-order valence-electron chi connectivity index (χ1n) is 6.06.